The Bertz CT molecular complexity index is 245. The number of imide groups is 2. The standard InChI is InChI=1S/2C4H5NO2.Hg/c2*6-3-1-2-4(7)5-3;/h2*1-2H2,(H,5,6,7);. The van der Waals surface area contributed by atoms with Crippen LogP contribution in [0.5, 0.6) is 0 Å². The van der Waals surface area contributed by atoms with Gasteiger partial charge in [-0.3, -0.25) is 29.8 Å². The van der Waals surface area contributed by atoms with Crippen molar-refractivity contribution in [1.82, 2.24) is 10.6 Å². The molecule has 2 saturated heterocycles. The van der Waals surface area contributed by atoms with Gasteiger partial charge in [-0.1, -0.05) is 0 Å². The summed E-state index contributed by atoms with van der Waals surface area (Å²) in [7, 11) is 0. The van der Waals surface area contributed by atoms with Crippen molar-refractivity contribution in [3.63, 3.8) is 0 Å². The molecule has 4 amide bonds. The molecule has 2 heterocycles. The van der Waals surface area contributed by atoms with Crippen molar-refractivity contribution in [2.75, 3.05) is 0 Å². The molecule has 0 spiro atoms. The maximum atomic E-state index is 10.1. The normalized spacial score (nSPS) is 18.7. The van der Waals surface area contributed by atoms with Gasteiger partial charge in [-0.05, 0) is 0 Å². The van der Waals surface area contributed by atoms with E-state index in [2.05, 4.69) is 10.6 Å². The first-order chi connectivity index (χ1) is 6.58. The Kier molecular flexibility index (Phi) is 6.31. The van der Waals surface area contributed by atoms with Gasteiger partial charge in [0.15, 0.2) is 0 Å². The average Bonchev–Trinajstić information content (AvgIpc) is 2.63. The van der Waals surface area contributed by atoms with Crippen LogP contribution in [0.2, 0.25) is 0 Å². The van der Waals surface area contributed by atoms with Gasteiger partial charge in [0.2, 0.25) is 23.6 Å². The zero-order valence-corrected chi connectivity index (χ0v) is 13.7. The van der Waals surface area contributed by atoms with E-state index < -0.39 is 0 Å². The molecule has 0 aliphatic carbocycles. The van der Waals surface area contributed by atoms with E-state index in [0.29, 0.717) is 25.7 Å². The van der Waals surface area contributed by atoms with Crippen LogP contribution < -0.4 is 10.6 Å². The van der Waals surface area contributed by atoms with Crippen LogP contribution in [0.25, 0.3) is 0 Å². The van der Waals surface area contributed by atoms with Crippen LogP contribution in [0, 0.1) is 0 Å². The Morgan fingerprint density at radius 1 is 0.600 bits per heavy atom. The Balaban J connectivity index is 0.000000245. The molecule has 2 N–H and O–H groups in total. The summed E-state index contributed by atoms with van der Waals surface area (Å²) in [6.07, 6.45) is 1.50. The minimum absolute atomic E-state index is 0. The van der Waals surface area contributed by atoms with E-state index in [9.17, 15) is 19.2 Å². The zero-order chi connectivity index (χ0) is 10.6. The van der Waals surface area contributed by atoms with Gasteiger partial charge in [0.05, 0.1) is 0 Å². The number of carbonyl (C=O) groups excluding carboxylic acids is 4. The molecule has 0 bridgehead atoms. The predicted molar refractivity (Wildman–Crippen MR) is 44.8 cm³/mol. The first-order valence-electron chi connectivity index (χ1n) is 4.23. The van der Waals surface area contributed by atoms with Gasteiger partial charge in [-0.15, -0.1) is 0 Å². The smallest absolute Gasteiger partial charge is 0.227 e. The van der Waals surface area contributed by atoms with Gasteiger partial charge in [-0.25, -0.2) is 0 Å². The summed E-state index contributed by atoms with van der Waals surface area (Å²) in [6.45, 7) is 0. The van der Waals surface area contributed by atoms with Gasteiger partial charge >= 0.3 is 0 Å². The summed E-state index contributed by atoms with van der Waals surface area (Å²) < 4.78 is 0. The fraction of sp³-hybridized carbons (Fsp3) is 0.500. The number of carbonyl (C=O) groups is 4. The quantitative estimate of drug-likeness (QED) is 0.398. The number of rotatable bonds is 0. The molecule has 0 aromatic heterocycles. The number of amides is 4. The summed E-state index contributed by atoms with van der Waals surface area (Å²) >= 11 is 0. The molecule has 2 fully saturated rings. The SMILES string of the molecule is O=C1CCC(=O)N1.O=C1CCC(=O)N1.[Hg]. The van der Waals surface area contributed by atoms with Crippen molar-refractivity contribution in [2.24, 2.45) is 0 Å². The van der Waals surface area contributed by atoms with E-state index in [-0.39, 0.29) is 51.3 Å². The van der Waals surface area contributed by atoms with Crippen molar-refractivity contribution >= 4 is 23.6 Å². The van der Waals surface area contributed by atoms with Gasteiger partial charge in [0, 0.05) is 53.4 Å². The monoisotopic (exact) mass is 400 g/mol. The molecule has 15 heavy (non-hydrogen) atoms. The van der Waals surface area contributed by atoms with E-state index in [1.165, 1.54) is 0 Å². The molecule has 6 nitrogen and oxygen atoms in total. The summed E-state index contributed by atoms with van der Waals surface area (Å²) in [5.74, 6) is -0.593. The van der Waals surface area contributed by atoms with Crippen LogP contribution >= 0.6 is 0 Å². The summed E-state index contributed by atoms with van der Waals surface area (Å²) in [6, 6.07) is 0. The fourth-order valence-corrected chi connectivity index (χ4v) is 1.02. The van der Waals surface area contributed by atoms with E-state index in [1.807, 2.05) is 0 Å². The van der Waals surface area contributed by atoms with E-state index in [1.54, 1.807) is 0 Å². The second-order valence-corrected chi connectivity index (χ2v) is 2.94. The van der Waals surface area contributed by atoms with E-state index >= 15 is 0 Å². The van der Waals surface area contributed by atoms with Crippen LogP contribution in [0.15, 0.2) is 0 Å². The fourth-order valence-electron chi connectivity index (χ4n) is 1.02. The van der Waals surface area contributed by atoms with Crippen molar-refractivity contribution in [2.45, 2.75) is 25.7 Å². The third-order valence-electron chi connectivity index (χ3n) is 1.72. The van der Waals surface area contributed by atoms with Crippen LogP contribution in [0.1, 0.15) is 25.7 Å². The van der Waals surface area contributed by atoms with Crippen molar-refractivity contribution < 1.29 is 46.8 Å². The average molecular weight is 399 g/mol. The molecule has 0 aromatic rings. The van der Waals surface area contributed by atoms with Crippen LogP contribution in [0.3, 0.4) is 0 Å². The molecule has 0 aromatic carbocycles. The Morgan fingerprint density at radius 2 is 0.800 bits per heavy atom. The second kappa shape index (κ2) is 6.65. The number of nitrogens with one attached hydrogen (secondary N) is 2. The van der Waals surface area contributed by atoms with Crippen LogP contribution in [-0.4, -0.2) is 23.6 Å². The molecule has 2 aliphatic rings. The second-order valence-electron chi connectivity index (χ2n) is 2.94. The predicted octanol–water partition coefficient (Wildman–Crippen LogP) is -1.16. The van der Waals surface area contributed by atoms with Crippen molar-refractivity contribution in [3.8, 4) is 0 Å². The summed E-state index contributed by atoms with van der Waals surface area (Å²) in [4.78, 5) is 40.5. The van der Waals surface area contributed by atoms with Gasteiger partial charge in [0.1, 0.15) is 0 Å². The molecule has 0 atom stereocenters. The zero-order valence-electron chi connectivity index (χ0n) is 8.17. The minimum atomic E-state index is -0.148. The third kappa shape index (κ3) is 5.61. The van der Waals surface area contributed by atoms with Crippen LogP contribution in [0.4, 0.5) is 0 Å². The minimum Gasteiger partial charge on any atom is -0.296 e. The Labute approximate surface area is 107 Å². The maximum absolute atomic E-state index is 10.1. The molecule has 2 rings (SSSR count). The number of hydrogen-bond acceptors (Lipinski definition) is 4. The number of hydrogen-bond donors (Lipinski definition) is 2. The van der Waals surface area contributed by atoms with Gasteiger partial charge in [-0.2, -0.15) is 0 Å². The molecule has 0 unspecified atom stereocenters. The Morgan fingerprint density at radius 3 is 0.867 bits per heavy atom. The molecule has 2 aliphatic heterocycles. The topological polar surface area (TPSA) is 92.3 Å². The van der Waals surface area contributed by atoms with Crippen molar-refractivity contribution in [3.05, 3.63) is 0 Å². The molecular formula is C8H10HgN2O4. The molecule has 7 heteroatoms. The molecule has 78 valence electrons. The molecule has 0 radical (unpaired) electrons. The maximum Gasteiger partial charge on any atom is 0.227 e. The summed E-state index contributed by atoms with van der Waals surface area (Å²) in [5.41, 5.74) is 0. The molecular weight excluding hydrogens is 389 g/mol. The summed E-state index contributed by atoms with van der Waals surface area (Å²) in [5, 5.41) is 4.28. The van der Waals surface area contributed by atoms with E-state index in [0.717, 1.165) is 0 Å². The largest absolute Gasteiger partial charge is 0.296 e. The molecule has 0 saturated carbocycles. The first-order valence-corrected chi connectivity index (χ1v) is 4.23. The third-order valence-corrected chi connectivity index (χ3v) is 1.72. The van der Waals surface area contributed by atoms with Crippen molar-refractivity contribution in [1.29, 1.82) is 0 Å². The first kappa shape index (κ1) is 14.2. The Hall–Kier alpha value is -0.785. The van der Waals surface area contributed by atoms with Gasteiger partial charge < -0.3 is 0 Å². The van der Waals surface area contributed by atoms with Crippen LogP contribution in [-0.2, 0) is 46.8 Å². The van der Waals surface area contributed by atoms with Gasteiger partial charge in [0.25, 0.3) is 0 Å². The van der Waals surface area contributed by atoms with E-state index in [4.69, 9.17) is 0 Å².